The third-order valence-electron chi connectivity index (χ3n) is 2.04. The van der Waals surface area contributed by atoms with Crippen molar-refractivity contribution in [3.05, 3.63) is 34.9 Å². The SMILES string of the molecule is Cn1ncc(Br)c1Nc1cccc(N)c1. The van der Waals surface area contributed by atoms with Crippen molar-refractivity contribution in [2.45, 2.75) is 0 Å². The van der Waals surface area contributed by atoms with E-state index < -0.39 is 0 Å². The van der Waals surface area contributed by atoms with Crippen molar-refractivity contribution < 1.29 is 0 Å². The monoisotopic (exact) mass is 266 g/mol. The molecule has 5 heteroatoms. The molecule has 1 heterocycles. The molecule has 0 aliphatic rings. The molecule has 0 radical (unpaired) electrons. The van der Waals surface area contributed by atoms with Crippen LogP contribution in [0.5, 0.6) is 0 Å². The molecule has 0 atom stereocenters. The number of rotatable bonds is 2. The van der Waals surface area contributed by atoms with E-state index in [1.165, 1.54) is 0 Å². The second-order valence-corrected chi connectivity index (χ2v) is 4.07. The maximum Gasteiger partial charge on any atom is 0.142 e. The van der Waals surface area contributed by atoms with E-state index in [9.17, 15) is 0 Å². The van der Waals surface area contributed by atoms with Gasteiger partial charge in [0.15, 0.2) is 0 Å². The first-order valence-corrected chi connectivity index (χ1v) is 5.26. The Kier molecular flexibility index (Phi) is 2.64. The van der Waals surface area contributed by atoms with Gasteiger partial charge in [-0.1, -0.05) is 6.07 Å². The number of hydrogen-bond acceptors (Lipinski definition) is 3. The van der Waals surface area contributed by atoms with E-state index in [2.05, 4.69) is 26.3 Å². The van der Waals surface area contributed by atoms with Crippen molar-refractivity contribution in [1.82, 2.24) is 9.78 Å². The van der Waals surface area contributed by atoms with Gasteiger partial charge in [0, 0.05) is 18.4 Å². The number of anilines is 3. The third kappa shape index (κ3) is 2.12. The summed E-state index contributed by atoms with van der Waals surface area (Å²) in [4.78, 5) is 0. The topological polar surface area (TPSA) is 55.9 Å². The van der Waals surface area contributed by atoms with Crippen molar-refractivity contribution in [1.29, 1.82) is 0 Å². The lowest BCUT2D eigenvalue weighted by atomic mass is 10.3. The molecule has 3 N–H and O–H groups in total. The molecule has 15 heavy (non-hydrogen) atoms. The van der Waals surface area contributed by atoms with Gasteiger partial charge in [-0.3, -0.25) is 4.68 Å². The second kappa shape index (κ2) is 3.94. The predicted octanol–water partition coefficient (Wildman–Crippen LogP) is 2.51. The zero-order valence-corrected chi connectivity index (χ0v) is 9.82. The number of nitrogens with zero attached hydrogens (tertiary/aromatic N) is 2. The van der Waals surface area contributed by atoms with Gasteiger partial charge in [-0.15, -0.1) is 0 Å². The molecular formula is C10H11BrN4. The van der Waals surface area contributed by atoms with E-state index in [-0.39, 0.29) is 0 Å². The van der Waals surface area contributed by atoms with Gasteiger partial charge in [-0.25, -0.2) is 0 Å². The highest BCUT2D eigenvalue weighted by Crippen LogP contribution is 2.25. The Labute approximate surface area is 96.2 Å². The van der Waals surface area contributed by atoms with Gasteiger partial charge in [-0.2, -0.15) is 5.10 Å². The lowest BCUT2D eigenvalue weighted by Crippen LogP contribution is -1.99. The fourth-order valence-electron chi connectivity index (χ4n) is 1.30. The van der Waals surface area contributed by atoms with Gasteiger partial charge in [0.05, 0.1) is 10.7 Å². The Morgan fingerprint density at radius 3 is 2.87 bits per heavy atom. The van der Waals surface area contributed by atoms with Crippen LogP contribution in [-0.4, -0.2) is 9.78 Å². The third-order valence-corrected chi connectivity index (χ3v) is 2.62. The highest BCUT2D eigenvalue weighted by molar-refractivity contribution is 9.10. The largest absolute Gasteiger partial charge is 0.399 e. The number of nitrogens with one attached hydrogen (secondary N) is 1. The molecule has 4 nitrogen and oxygen atoms in total. The number of aryl methyl sites for hydroxylation is 1. The number of halogens is 1. The lowest BCUT2D eigenvalue weighted by Gasteiger charge is -2.07. The van der Waals surface area contributed by atoms with Crippen LogP contribution >= 0.6 is 15.9 Å². The first-order valence-electron chi connectivity index (χ1n) is 4.47. The highest BCUT2D eigenvalue weighted by atomic mass is 79.9. The smallest absolute Gasteiger partial charge is 0.142 e. The Bertz CT molecular complexity index is 459. The van der Waals surface area contributed by atoms with E-state index in [1.54, 1.807) is 10.9 Å². The fourth-order valence-corrected chi connectivity index (χ4v) is 1.75. The minimum atomic E-state index is 0.735. The van der Waals surface area contributed by atoms with Crippen LogP contribution in [0.3, 0.4) is 0 Å². The fraction of sp³-hybridized carbons (Fsp3) is 0.100. The minimum Gasteiger partial charge on any atom is -0.399 e. The van der Waals surface area contributed by atoms with Crippen LogP contribution in [0.25, 0.3) is 0 Å². The predicted molar refractivity (Wildman–Crippen MR) is 65.0 cm³/mol. The summed E-state index contributed by atoms with van der Waals surface area (Å²) in [6.45, 7) is 0. The molecule has 0 aliphatic heterocycles. The molecule has 0 unspecified atom stereocenters. The molecule has 1 aromatic heterocycles. The number of hydrogen-bond donors (Lipinski definition) is 2. The van der Waals surface area contributed by atoms with Gasteiger partial charge in [0.25, 0.3) is 0 Å². The van der Waals surface area contributed by atoms with Crippen molar-refractivity contribution in [3.8, 4) is 0 Å². The van der Waals surface area contributed by atoms with Crippen molar-refractivity contribution in [2.75, 3.05) is 11.1 Å². The summed E-state index contributed by atoms with van der Waals surface area (Å²) in [5.41, 5.74) is 7.37. The van der Waals surface area contributed by atoms with Crippen molar-refractivity contribution in [3.63, 3.8) is 0 Å². The number of nitrogen functional groups attached to an aromatic ring is 1. The summed E-state index contributed by atoms with van der Waals surface area (Å²) in [6, 6.07) is 7.58. The van der Waals surface area contributed by atoms with Gasteiger partial charge < -0.3 is 11.1 Å². The second-order valence-electron chi connectivity index (χ2n) is 3.22. The quantitative estimate of drug-likeness (QED) is 0.822. The number of benzene rings is 1. The Balaban J connectivity index is 2.29. The highest BCUT2D eigenvalue weighted by Gasteiger charge is 2.05. The van der Waals surface area contributed by atoms with E-state index >= 15 is 0 Å². The van der Waals surface area contributed by atoms with Crippen LogP contribution in [0.15, 0.2) is 34.9 Å². The molecule has 0 saturated heterocycles. The Hall–Kier alpha value is -1.49. The van der Waals surface area contributed by atoms with Crippen LogP contribution < -0.4 is 11.1 Å². The Morgan fingerprint density at radius 2 is 2.27 bits per heavy atom. The zero-order chi connectivity index (χ0) is 10.8. The van der Waals surface area contributed by atoms with E-state index in [0.717, 1.165) is 21.7 Å². The minimum absolute atomic E-state index is 0.735. The molecule has 0 fully saturated rings. The van der Waals surface area contributed by atoms with Crippen LogP contribution in [-0.2, 0) is 7.05 Å². The van der Waals surface area contributed by atoms with Crippen LogP contribution in [0, 0.1) is 0 Å². The molecule has 0 bridgehead atoms. The van der Waals surface area contributed by atoms with Crippen LogP contribution in [0.2, 0.25) is 0 Å². The summed E-state index contributed by atoms with van der Waals surface area (Å²) >= 11 is 3.42. The molecule has 0 saturated carbocycles. The van der Waals surface area contributed by atoms with Crippen molar-refractivity contribution >= 4 is 33.1 Å². The molecule has 78 valence electrons. The van der Waals surface area contributed by atoms with Gasteiger partial charge in [0.1, 0.15) is 5.82 Å². The van der Waals surface area contributed by atoms with E-state index in [4.69, 9.17) is 5.73 Å². The Morgan fingerprint density at radius 1 is 1.47 bits per heavy atom. The molecule has 1 aromatic carbocycles. The summed E-state index contributed by atoms with van der Waals surface area (Å²) in [6.07, 6.45) is 1.74. The van der Waals surface area contributed by atoms with Crippen LogP contribution in [0.4, 0.5) is 17.2 Å². The zero-order valence-electron chi connectivity index (χ0n) is 8.24. The van der Waals surface area contributed by atoms with E-state index in [0.29, 0.717) is 0 Å². The molecule has 0 spiro atoms. The molecule has 0 aliphatic carbocycles. The summed E-state index contributed by atoms with van der Waals surface area (Å²) < 4.78 is 2.68. The summed E-state index contributed by atoms with van der Waals surface area (Å²) in [5, 5.41) is 7.35. The number of nitrogens with two attached hydrogens (primary N) is 1. The normalized spacial score (nSPS) is 10.3. The summed E-state index contributed by atoms with van der Waals surface area (Å²) in [7, 11) is 1.87. The van der Waals surface area contributed by atoms with Crippen LogP contribution in [0.1, 0.15) is 0 Å². The van der Waals surface area contributed by atoms with Gasteiger partial charge in [0.2, 0.25) is 0 Å². The lowest BCUT2D eigenvalue weighted by molar-refractivity contribution is 0.776. The maximum atomic E-state index is 5.69. The van der Waals surface area contributed by atoms with Crippen molar-refractivity contribution in [2.24, 2.45) is 7.05 Å². The first kappa shape index (κ1) is 10.0. The van der Waals surface area contributed by atoms with Gasteiger partial charge >= 0.3 is 0 Å². The van der Waals surface area contributed by atoms with Gasteiger partial charge in [-0.05, 0) is 34.1 Å². The molecular weight excluding hydrogens is 256 g/mol. The molecule has 0 amide bonds. The standard InChI is InChI=1S/C10H11BrN4/c1-15-10(9(11)6-13-15)14-8-4-2-3-7(12)5-8/h2-6,14H,12H2,1H3. The average molecular weight is 267 g/mol. The number of aromatic nitrogens is 2. The first-order chi connectivity index (χ1) is 7.16. The molecule has 2 aromatic rings. The van der Waals surface area contributed by atoms with E-state index in [1.807, 2.05) is 31.3 Å². The summed E-state index contributed by atoms with van der Waals surface area (Å²) in [5.74, 6) is 0.903. The average Bonchev–Trinajstić information content (AvgIpc) is 2.50. The molecule has 2 rings (SSSR count). The maximum absolute atomic E-state index is 5.69.